The van der Waals surface area contributed by atoms with E-state index in [0.717, 1.165) is 10.2 Å². The van der Waals surface area contributed by atoms with E-state index in [1.165, 1.54) is 0 Å². The lowest BCUT2D eigenvalue weighted by Crippen LogP contribution is -2.23. The van der Waals surface area contributed by atoms with E-state index < -0.39 is 6.67 Å². The Bertz CT molecular complexity index is 410. The molecule has 1 aromatic carbocycles. The van der Waals surface area contributed by atoms with E-state index in [1.54, 1.807) is 6.07 Å². The Kier molecular flexibility index (Phi) is 6.27. The molecule has 0 fully saturated rings. The van der Waals surface area contributed by atoms with Crippen molar-refractivity contribution in [2.45, 2.75) is 0 Å². The maximum absolute atomic E-state index is 12.0. The Morgan fingerprint density at radius 2 is 2.22 bits per heavy atom. The Morgan fingerprint density at radius 3 is 2.83 bits per heavy atom. The van der Waals surface area contributed by atoms with Crippen molar-refractivity contribution in [1.82, 2.24) is 0 Å². The molecule has 7 heteroatoms. The molecule has 5 nitrogen and oxygen atoms in total. The molecular weight excluding hydrogens is 303 g/mol. The molecule has 1 rings (SSSR count). The van der Waals surface area contributed by atoms with E-state index in [0.29, 0.717) is 18.8 Å². The summed E-state index contributed by atoms with van der Waals surface area (Å²) in [6, 6.07) is 5.46. The van der Waals surface area contributed by atoms with Crippen LogP contribution in [0.5, 0.6) is 5.75 Å². The lowest BCUT2D eigenvalue weighted by atomic mass is 10.3. The van der Waals surface area contributed by atoms with Crippen LogP contribution in [-0.2, 0) is 0 Å². The van der Waals surface area contributed by atoms with Gasteiger partial charge in [0.05, 0.1) is 11.0 Å². The largest absolute Gasteiger partial charge is 0.490 e. The molecule has 1 aromatic rings. The van der Waals surface area contributed by atoms with Gasteiger partial charge in [0, 0.05) is 12.2 Å². The fourth-order valence-electron chi connectivity index (χ4n) is 1.26. The zero-order chi connectivity index (χ0) is 13.4. The molecule has 0 amide bonds. The molecule has 0 unspecified atom stereocenters. The number of anilines is 1. The topological polar surface area (TPSA) is 85.7 Å². The van der Waals surface area contributed by atoms with Crippen LogP contribution in [0.15, 0.2) is 27.7 Å². The van der Waals surface area contributed by atoms with Crippen LogP contribution in [-0.4, -0.2) is 32.3 Å². The van der Waals surface area contributed by atoms with Gasteiger partial charge in [0.25, 0.3) is 0 Å². The second-order valence-electron chi connectivity index (χ2n) is 3.42. The summed E-state index contributed by atoms with van der Waals surface area (Å²) < 4.78 is 17.9. The number of aliphatic imine (C=N–C) groups is 1. The first-order valence-electron chi connectivity index (χ1n) is 5.41. The molecule has 0 atom stereocenters. The molecule has 5 N–H and O–H groups in total. The van der Waals surface area contributed by atoms with Crippen molar-refractivity contribution in [2.24, 2.45) is 16.5 Å². The van der Waals surface area contributed by atoms with Gasteiger partial charge in [-0.15, -0.1) is 0 Å². The van der Waals surface area contributed by atoms with Crippen LogP contribution in [0.1, 0.15) is 0 Å². The van der Waals surface area contributed by atoms with Crippen LogP contribution in [0.2, 0.25) is 0 Å². The predicted molar refractivity (Wildman–Crippen MR) is 74.8 cm³/mol. The highest BCUT2D eigenvalue weighted by molar-refractivity contribution is 9.10. The molecule has 0 aliphatic rings. The van der Waals surface area contributed by atoms with Gasteiger partial charge < -0.3 is 21.5 Å². The third-order valence-corrected chi connectivity index (χ3v) is 2.62. The molecule has 0 bridgehead atoms. The predicted octanol–water partition coefficient (Wildman–Crippen LogP) is 1.48. The lowest BCUT2D eigenvalue weighted by Gasteiger charge is -2.09. The monoisotopic (exact) mass is 318 g/mol. The van der Waals surface area contributed by atoms with Crippen LogP contribution < -0.4 is 21.5 Å². The van der Waals surface area contributed by atoms with Gasteiger partial charge in [-0.3, -0.25) is 4.99 Å². The maximum atomic E-state index is 12.0. The fourth-order valence-corrected chi connectivity index (χ4v) is 1.75. The zero-order valence-corrected chi connectivity index (χ0v) is 11.4. The highest BCUT2D eigenvalue weighted by Gasteiger charge is 2.02. The van der Waals surface area contributed by atoms with Crippen LogP contribution >= 0.6 is 15.9 Å². The lowest BCUT2D eigenvalue weighted by molar-refractivity contribution is 0.272. The molecule has 0 saturated carbocycles. The van der Waals surface area contributed by atoms with Gasteiger partial charge in [-0.25, -0.2) is 4.39 Å². The Balaban J connectivity index is 2.48. The van der Waals surface area contributed by atoms with Gasteiger partial charge in [-0.05, 0) is 34.1 Å². The average Bonchev–Trinajstić information content (AvgIpc) is 2.33. The van der Waals surface area contributed by atoms with Crippen LogP contribution in [0.4, 0.5) is 10.1 Å². The highest BCUT2D eigenvalue weighted by Crippen LogP contribution is 2.28. The Morgan fingerprint density at radius 1 is 1.44 bits per heavy atom. The van der Waals surface area contributed by atoms with Gasteiger partial charge in [0.15, 0.2) is 5.96 Å². The SMILES string of the molecule is NC(N)=NCCNc1ccc(OCCF)c(Br)c1. The fraction of sp³-hybridized carbons (Fsp3) is 0.364. The van der Waals surface area contributed by atoms with Crippen molar-refractivity contribution in [2.75, 3.05) is 31.7 Å². The van der Waals surface area contributed by atoms with Gasteiger partial charge in [0.2, 0.25) is 0 Å². The van der Waals surface area contributed by atoms with Crippen molar-refractivity contribution >= 4 is 27.6 Å². The summed E-state index contributed by atoms with van der Waals surface area (Å²) in [4.78, 5) is 3.85. The van der Waals surface area contributed by atoms with Gasteiger partial charge in [0.1, 0.15) is 19.0 Å². The second kappa shape index (κ2) is 7.75. The molecule has 0 spiro atoms. The summed E-state index contributed by atoms with van der Waals surface area (Å²) in [6.07, 6.45) is 0. The summed E-state index contributed by atoms with van der Waals surface area (Å²) in [5.74, 6) is 0.690. The number of alkyl halides is 1. The summed E-state index contributed by atoms with van der Waals surface area (Å²) in [5.41, 5.74) is 11.3. The minimum atomic E-state index is -0.509. The number of hydrogen-bond acceptors (Lipinski definition) is 3. The number of hydrogen-bond donors (Lipinski definition) is 3. The van der Waals surface area contributed by atoms with Crippen molar-refractivity contribution in [3.8, 4) is 5.75 Å². The highest BCUT2D eigenvalue weighted by atomic mass is 79.9. The van der Waals surface area contributed by atoms with E-state index in [2.05, 4.69) is 26.2 Å². The number of benzene rings is 1. The number of nitrogens with one attached hydrogen (secondary N) is 1. The van der Waals surface area contributed by atoms with Crippen molar-refractivity contribution < 1.29 is 9.13 Å². The molecule has 0 radical (unpaired) electrons. The first kappa shape index (κ1) is 14.6. The number of nitrogens with two attached hydrogens (primary N) is 2. The van der Waals surface area contributed by atoms with Gasteiger partial charge in [-0.2, -0.15) is 0 Å². The molecule has 0 aromatic heterocycles. The quantitative estimate of drug-likeness (QED) is 0.404. The van der Waals surface area contributed by atoms with E-state index >= 15 is 0 Å². The number of halogens is 2. The number of nitrogens with zero attached hydrogens (tertiary/aromatic N) is 1. The number of guanidine groups is 1. The third kappa shape index (κ3) is 5.22. The molecule has 0 aliphatic carbocycles. The second-order valence-corrected chi connectivity index (χ2v) is 4.27. The molecular formula is C11H16BrFN4O. The maximum Gasteiger partial charge on any atom is 0.185 e. The van der Waals surface area contributed by atoms with Gasteiger partial charge >= 0.3 is 0 Å². The van der Waals surface area contributed by atoms with Gasteiger partial charge in [-0.1, -0.05) is 0 Å². The van der Waals surface area contributed by atoms with Crippen molar-refractivity contribution in [1.29, 1.82) is 0 Å². The number of rotatable bonds is 7. The molecule has 18 heavy (non-hydrogen) atoms. The van der Waals surface area contributed by atoms with Crippen molar-refractivity contribution in [3.63, 3.8) is 0 Å². The molecule has 100 valence electrons. The third-order valence-electron chi connectivity index (χ3n) is 2.00. The summed E-state index contributed by atoms with van der Waals surface area (Å²) in [5, 5.41) is 3.15. The molecule has 0 heterocycles. The summed E-state index contributed by atoms with van der Waals surface area (Å²) in [6.45, 7) is 0.663. The van der Waals surface area contributed by atoms with Crippen molar-refractivity contribution in [3.05, 3.63) is 22.7 Å². The van der Waals surface area contributed by atoms with E-state index in [4.69, 9.17) is 16.2 Å². The molecule has 0 saturated heterocycles. The van der Waals surface area contributed by atoms with E-state index in [1.807, 2.05) is 12.1 Å². The van der Waals surface area contributed by atoms with E-state index in [-0.39, 0.29) is 12.6 Å². The Hall–Kier alpha value is -1.50. The van der Waals surface area contributed by atoms with Crippen LogP contribution in [0.25, 0.3) is 0 Å². The van der Waals surface area contributed by atoms with Crippen LogP contribution in [0.3, 0.4) is 0 Å². The smallest absolute Gasteiger partial charge is 0.185 e. The Labute approximate surface area is 114 Å². The standard InChI is InChI=1S/C11H16BrFN4O/c12-9-7-8(16-4-5-17-11(14)15)1-2-10(9)18-6-3-13/h1-2,7,16H,3-6H2,(H4,14,15,17). The molecule has 0 aliphatic heterocycles. The first-order chi connectivity index (χ1) is 8.63. The first-order valence-corrected chi connectivity index (χ1v) is 6.20. The van der Waals surface area contributed by atoms with E-state index in [9.17, 15) is 4.39 Å². The summed E-state index contributed by atoms with van der Waals surface area (Å²) >= 11 is 3.35. The minimum Gasteiger partial charge on any atom is -0.490 e. The zero-order valence-electron chi connectivity index (χ0n) is 9.83. The minimum absolute atomic E-state index is 0.0515. The average molecular weight is 319 g/mol. The summed E-state index contributed by atoms with van der Waals surface area (Å²) in [7, 11) is 0. The van der Waals surface area contributed by atoms with Crippen LogP contribution in [0, 0.1) is 0 Å². The normalized spacial score (nSPS) is 9.89. The number of ether oxygens (including phenoxy) is 1.